The molecule has 0 spiro atoms. The molecule has 0 aromatic carbocycles. The Morgan fingerprint density at radius 2 is 2.15 bits per heavy atom. The molecule has 1 saturated carbocycles. The SMILES string of the molecule is CCCCC(C)NCC1(CO)CC1. The molecule has 0 aliphatic heterocycles. The molecule has 0 aromatic rings. The molecule has 0 amide bonds. The van der Waals surface area contributed by atoms with Gasteiger partial charge in [-0.1, -0.05) is 19.8 Å². The predicted octanol–water partition coefficient (Wildman–Crippen LogP) is 1.93. The van der Waals surface area contributed by atoms with E-state index >= 15 is 0 Å². The van der Waals surface area contributed by atoms with Crippen LogP contribution in [0.1, 0.15) is 46.0 Å². The van der Waals surface area contributed by atoms with Crippen LogP contribution in [-0.2, 0) is 0 Å². The summed E-state index contributed by atoms with van der Waals surface area (Å²) in [5.41, 5.74) is 0.264. The zero-order chi connectivity index (χ0) is 9.73. The standard InChI is InChI=1S/C11H23NO/c1-3-4-5-10(2)12-8-11(9-13)6-7-11/h10,12-13H,3-9H2,1-2H3. The lowest BCUT2D eigenvalue weighted by molar-refractivity contribution is 0.204. The summed E-state index contributed by atoms with van der Waals surface area (Å²) in [7, 11) is 0. The van der Waals surface area contributed by atoms with Gasteiger partial charge in [-0.2, -0.15) is 0 Å². The summed E-state index contributed by atoms with van der Waals surface area (Å²) < 4.78 is 0. The average Bonchev–Trinajstić information content (AvgIpc) is 2.92. The Balaban J connectivity index is 2.04. The van der Waals surface area contributed by atoms with Crippen LogP contribution in [-0.4, -0.2) is 24.3 Å². The van der Waals surface area contributed by atoms with Gasteiger partial charge >= 0.3 is 0 Å². The van der Waals surface area contributed by atoms with Crippen LogP contribution in [0.3, 0.4) is 0 Å². The highest BCUT2D eigenvalue weighted by Gasteiger charge is 2.41. The van der Waals surface area contributed by atoms with Gasteiger partial charge in [0.2, 0.25) is 0 Å². The van der Waals surface area contributed by atoms with Gasteiger partial charge in [0.15, 0.2) is 0 Å². The summed E-state index contributed by atoms with van der Waals surface area (Å²) in [5.74, 6) is 0. The Labute approximate surface area is 81.7 Å². The minimum Gasteiger partial charge on any atom is -0.396 e. The Morgan fingerprint density at radius 1 is 1.46 bits per heavy atom. The van der Waals surface area contributed by atoms with Crippen molar-refractivity contribution in [2.75, 3.05) is 13.2 Å². The molecule has 0 aromatic heterocycles. The molecule has 13 heavy (non-hydrogen) atoms. The van der Waals surface area contributed by atoms with Gasteiger partial charge < -0.3 is 10.4 Å². The summed E-state index contributed by atoms with van der Waals surface area (Å²) >= 11 is 0. The highest BCUT2D eigenvalue weighted by molar-refractivity contribution is 4.94. The molecule has 2 heteroatoms. The van der Waals surface area contributed by atoms with Crippen molar-refractivity contribution in [2.24, 2.45) is 5.41 Å². The Morgan fingerprint density at radius 3 is 2.62 bits per heavy atom. The molecule has 1 rings (SSSR count). The minimum absolute atomic E-state index is 0.264. The van der Waals surface area contributed by atoms with Crippen molar-refractivity contribution < 1.29 is 5.11 Å². The van der Waals surface area contributed by atoms with Crippen molar-refractivity contribution in [1.29, 1.82) is 0 Å². The molecule has 0 radical (unpaired) electrons. The van der Waals surface area contributed by atoms with Crippen molar-refractivity contribution in [2.45, 2.75) is 52.0 Å². The summed E-state index contributed by atoms with van der Waals surface area (Å²) in [4.78, 5) is 0. The second kappa shape index (κ2) is 4.97. The van der Waals surface area contributed by atoms with E-state index in [2.05, 4.69) is 19.2 Å². The zero-order valence-corrected chi connectivity index (χ0v) is 8.97. The molecule has 1 atom stereocenters. The highest BCUT2D eigenvalue weighted by atomic mass is 16.3. The molecule has 1 unspecified atom stereocenters. The van der Waals surface area contributed by atoms with Crippen LogP contribution in [0.4, 0.5) is 0 Å². The van der Waals surface area contributed by atoms with Crippen molar-refractivity contribution in [1.82, 2.24) is 5.32 Å². The Kier molecular flexibility index (Phi) is 4.20. The summed E-state index contributed by atoms with van der Waals surface area (Å²) in [6.45, 7) is 5.83. The first-order valence-electron chi connectivity index (χ1n) is 5.57. The number of unbranched alkanes of at least 4 members (excludes halogenated alkanes) is 1. The highest BCUT2D eigenvalue weighted by Crippen LogP contribution is 2.44. The molecule has 0 heterocycles. The van der Waals surface area contributed by atoms with E-state index in [4.69, 9.17) is 5.11 Å². The van der Waals surface area contributed by atoms with Gasteiger partial charge in [-0.25, -0.2) is 0 Å². The second-order valence-electron chi connectivity index (χ2n) is 4.58. The minimum atomic E-state index is 0.264. The summed E-state index contributed by atoms with van der Waals surface area (Å²) in [6, 6.07) is 0.615. The normalized spacial score (nSPS) is 21.5. The third-order valence-corrected chi connectivity index (χ3v) is 3.11. The van der Waals surface area contributed by atoms with E-state index in [1.165, 1.54) is 32.1 Å². The maximum absolute atomic E-state index is 9.11. The predicted molar refractivity (Wildman–Crippen MR) is 55.7 cm³/mol. The lowest BCUT2D eigenvalue weighted by Crippen LogP contribution is -2.33. The van der Waals surface area contributed by atoms with Crippen molar-refractivity contribution in [3.8, 4) is 0 Å². The molecule has 0 bridgehead atoms. The third kappa shape index (κ3) is 3.65. The van der Waals surface area contributed by atoms with Gasteiger partial charge in [0.25, 0.3) is 0 Å². The van der Waals surface area contributed by atoms with Crippen LogP contribution >= 0.6 is 0 Å². The van der Waals surface area contributed by atoms with Gasteiger partial charge in [0, 0.05) is 24.6 Å². The number of aliphatic hydroxyl groups excluding tert-OH is 1. The van der Waals surface area contributed by atoms with Crippen molar-refractivity contribution >= 4 is 0 Å². The molecular formula is C11H23NO. The maximum Gasteiger partial charge on any atom is 0.0499 e. The first-order valence-corrected chi connectivity index (χ1v) is 5.57. The first kappa shape index (κ1) is 11.0. The van der Waals surface area contributed by atoms with Gasteiger partial charge in [-0.15, -0.1) is 0 Å². The lowest BCUT2D eigenvalue weighted by Gasteiger charge is -2.17. The lowest BCUT2D eigenvalue weighted by atomic mass is 10.1. The number of aliphatic hydroxyl groups is 1. The molecule has 1 aliphatic carbocycles. The Hall–Kier alpha value is -0.0800. The van der Waals surface area contributed by atoms with Crippen LogP contribution < -0.4 is 5.32 Å². The summed E-state index contributed by atoms with van der Waals surface area (Å²) in [5, 5.41) is 12.6. The first-order chi connectivity index (χ1) is 6.22. The van der Waals surface area contributed by atoms with Crippen molar-refractivity contribution in [3.05, 3.63) is 0 Å². The molecule has 2 N–H and O–H groups in total. The maximum atomic E-state index is 9.11. The molecule has 0 saturated heterocycles. The van der Waals surface area contributed by atoms with Gasteiger partial charge in [0.1, 0.15) is 0 Å². The van der Waals surface area contributed by atoms with Crippen molar-refractivity contribution in [3.63, 3.8) is 0 Å². The van der Waals surface area contributed by atoms with E-state index in [9.17, 15) is 0 Å². The molecule has 1 fully saturated rings. The van der Waals surface area contributed by atoms with Gasteiger partial charge in [-0.3, -0.25) is 0 Å². The number of rotatable bonds is 7. The van der Waals surface area contributed by atoms with E-state index < -0.39 is 0 Å². The second-order valence-corrected chi connectivity index (χ2v) is 4.58. The number of hydrogen-bond acceptors (Lipinski definition) is 2. The number of hydrogen-bond donors (Lipinski definition) is 2. The van der Waals surface area contributed by atoms with E-state index in [0.717, 1.165) is 6.54 Å². The van der Waals surface area contributed by atoms with Crippen LogP contribution in [0.2, 0.25) is 0 Å². The number of nitrogens with one attached hydrogen (secondary N) is 1. The fourth-order valence-corrected chi connectivity index (χ4v) is 1.57. The quantitative estimate of drug-likeness (QED) is 0.635. The topological polar surface area (TPSA) is 32.3 Å². The van der Waals surface area contributed by atoms with E-state index in [1.54, 1.807) is 0 Å². The fourth-order valence-electron chi connectivity index (χ4n) is 1.57. The van der Waals surface area contributed by atoms with Crippen LogP contribution in [0.15, 0.2) is 0 Å². The smallest absolute Gasteiger partial charge is 0.0499 e. The van der Waals surface area contributed by atoms with Crippen LogP contribution in [0.5, 0.6) is 0 Å². The Bertz CT molecular complexity index is 143. The third-order valence-electron chi connectivity index (χ3n) is 3.11. The van der Waals surface area contributed by atoms with E-state index in [0.29, 0.717) is 12.6 Å². The van der Waals surface area contributed by atoms with E-state index in [-0.39, 0.29) is 5.41 Å². The zero-order valence-electron chi connectivity index (χ0n) is 8.97. The monoisotopic (exact) mass is 185 g/mol. The van der Waals surface area contributed by atoms with Crippen LogP contribution in [0.25, 0.3) is 0 Å². The van der Waals surface area contributed by atoms with E-state index in [1.807, 2.05) is 0 Å². The molecular weight excluding hydrogens is 162 g/mol. The molecule has 78 valence electrons. The molecule has 1 aliphatic rings. The van der Waals surface area contributed by atoms with Crippen LogP contribution in [0, 0.1) is 5.41 Å². The average molecular weight is 185 g/mol. The fraction of sp³-hybridized carbons (Fsp3) is 1.00. The largest absolute Gasteiger partial charge is 0.396 e. The van der Waals surface area contributed by atoms with Gasteiger partial charge in [-0.05, 0) is 26.2 Å². The van der Waals surface area contributed by atoms with Gasteiger partial charge in [0.05, 0.1) is 0 Å². The molecule has 2 nitrogen and oxygen atoms in total. The summed E-state index contributed by atoms with van der Waals surface area (Å²) in [6.07, 6.45) is 6.25.